The molecule has 5 N–H and O–H groups in total. The number of nitrogens with one attached hydrogen (secondary N) is 1. The van der Waals surface area contributed by atoms with Crippen LogP contribution in [0.2, 0.25) is 0 Å². The molecule has 0 aromatic carbocycles. The Morgan fingerprint density at radius 3 is 2.65 bits per heavy atom. The van der Waals surface area contributed by atoms with E-state index in [2.05, 4.69) is 10.4 Å². The van der Waals surface area contributed by atoms with Crippen molar-refractivity contribution in [2.45, 2.75) is 38.1 Å². The van der Waals surface area contributed by atoms with Gasteiger partial charge in [0.05, 0.1) is 0 Å². The number of carbonyl (C=O) groups excluding carboxylic acids is 1. The van der Waals surface area contributed by atoms with Crippen LogP contribution in [0.25, 0.3) is 0 Å². The van der Waals surface area contributed by atoms with Gasteiger partial charge in [0.15, 0.2) is 0 Å². The average molecular weight is 241 g/mol. The highest BCUT2D eigenvalue weighted by Crippen LogP contribution is 2.26. The van der Waals surface area contributed by atoms with Crippen molar-refractivity contribution in [1.29, 1.82) is 0 Å². The Morgan fingerprint density at radius 1 is 1.47 bits per heavy atom. The van der Waals surface area contributed by atoms with E-state index < -0.39 is 0 Å². The zero-order valence-corrected chi connectivity index (χ0v) is 10.4. The normalized spacial score (nSPS) is 25.1. The first-order chi connectivity index (χ1) is 8.08. The van der Waals surface area contributed by atoms with Gasteiger partial charge in [0.25, 0.3) is 0 Å². The van der Waals surface area contributed by atoms with Crippen molar-refractivity contribution in [2.24, 2.45) is 22.6 Å². The van der Waals surface area contributed by atoms with E-state index in [0.29, 0.717) is 18.4 Å². The van der Waals surface area contributed by atoms with Gasteiger partial charge < -0.3 is 11.1 Å². The van der Waals surface area contributed by atoms with E-state index >= 15 is 0 Å². The molecule has 0 radical (unpaired) electrons. The average Bonchev–Trinajstić information content (AvgIpc) is 2.25. The highest BCUT2D eigenvalue weighted by atomic mass is 16.1. The molecule has 0 bridgehead atoms. The standard InChI is InChI=1S/C11H23N5O/c1-16(13)15-7-6-14-10-4-2-9(3-5-10)8-11(12)17/h7,9-10,14H,2-6,8,13H2,1H3,(H2,12,17). The van der Waals surface area contributed by atoms with Crippen LogP contribution in [0.4, 0.5) is 0 Å². The maximum Gasteiger partial charge on any atom is 0.217 e. The zero-order valence-electron chi connectivity index (χ0n) is 10.4. The molecule has 0 atom stereocenters. The van der Waals surface area contributed by atoms with E-state index in [4.69, 9.17) is 11.6 Å². The lowest BCUT2D eigenvalue weighted by Gasteiger charge is -2.28. The van der Waals surface area contributed by atoms with Gasteiger partial charge in [-0.2, -0.15) is 5.10 Å². The molecule has 0 aromatic rings. The third-order valence-electron chi connectivity index (χ3n) is 3.10. The largest absolute Gasteiger partial charge is 0.370 e. The minimum absolute atomic E-state index is 0.181. The van der Waals surface area contributed by atoms with Crippen LogP contribution in [0.15, 0.2) is 5.10 Å². The minimum Gasteiger partial charge on any atom is -0.370 e. The lowest BCUT2D eigenvalue weighted by molar-refractivity contribution is -0.119. The quantitative estimate of drug-likeness (QED) is 0.341. The number of rotatable bonds is 6. The summed E-state index contributed by atoms with van der Waals surface area (Å²) in [6.07, 6.45) is 6.65. The zero-order chi connectivity index (χ0) is 12.7. The summed E-state index contributed by atoms with van der Waals surface area (Å²) in [4.78, 5) is 10.8. The third kappa shape index (κ3) is 6.23. The Morgan fingerprint density at radius 2 is 2.12 bits per heavy atom. The summed E-state index contributed by atoms with van der Waals surface area (Å²) in [5, 5.41) is 8.61. The van der Waals surface area contributed by atoms with Gasteiger partial charge in [0, 0.05) is 32.3 Å². The fourth-order valence-electron chi connectivity index (χ4n) is 2.24. The molecule has 0 aromatic heterocycles. The van der Waals surface area contributed by atoms with E-state index in [1.54, 1.807) is 13.3 Å². The highest BCUT2D eigenvalue weighted by molar-refractivity contribution is 5.73. The first kappa shape index (κ1) is 13.9. The van der Waals surface area contributed by atoms with Crippen molar-refractivity contribution < 1.29 is 4.79 Å². The number of hydrogen-bond donors (Lipinski definition) is 3. The molecule has 0 heterocycles. The topological polar surface area (TPSA) is 96.7 Å². The second-order valence-electron chi connectivity index (χ2n) is 4.67. The summed E-state index contributed by atoms with van der Waals surface area (Å²) in [7, 11) is 1.69. The van der Waals surface area contributed by atoms with Gasteiger partial charge in [-0.05, 0) is 31.6 Å². The first-order valence-corrected chi connectivity index (χ1v) is 6.10. The van der Waals surface area contributed by atoms with Gasteiger partial charge in [-0.3, -0.25) is 4.79 Å². The number of primary amides is 1. The molecule has 17 heavy (non-hydrogen) atoms. The summed E-state index contributed by atoms with van der Waals surface area (Å²) in [5.74, 6) is 5.64. The fourth-order valence-corrected chi connectivity index (χ4v) is 2.24. The maximum absolute atomic E-state index is 10.8. The molecule has 0 unspecified atom stereocenters. The Balaban J connectivity index is 2.12. The first-order valence-electron chi connectivity index (χ1n) is 6.10. The summed E-state index contributed by atoms with van der Waals surface area (Å²) >= 11 is 0. The van der Waals surface area contributed by atoms with Crippen LogP contribution in [0.5, 0.6) is 0 Å². The van der Waals surface area contributed by atoms with E-state index in [1.807, 2.05) is 0 Å². The number of hydrogen-bond acceptors (Lipinski definition) is 5. The van der Waals surface area contributed by atoms with Crippen LogP contribution in [0.1, 0.15) is 32.1 Å². The van der Waals surface area contributed by atoms with Crippen LogP contribution < -0.4 is 16.9 Å². The van der Waals surface area contributed by atoms with Crippen LogP contribution >= 0.6 is 0 Å². The molecule has 1 rings (SSSR count). The van der Waals surface area contributed by atoms with Gasteiger partial charge in [0.2, 0.25) is 5.91 Å². The van der Waals surface area contributed by atoms with Crippen molar-refractivity contribution in [1.82, 2.24) is 10.4 Å². The van der Waals surface area contributed by atoms with Crippen LogP contribution in [0, 0.1) is 5.92 Å². The lowest BCUT2D eigenvalue weighted by Crippen LogP contribution is -2.35. The van der Waals surface area contributed by atoms with Gasteiger partial charge in [0.1, 0.15) is 0 Å². The smallest absolute Gasteiger partial charge is 0.217 e. The summed E-state index contributed by atoms with van der Waals surface area (Å²) in [5.41, 5.74) is 5.20. The SMILES string of the molecule is CN(N)N=CCNC1CCC(CC(N)=O)CC1. The molecule has 6 heteroatoms. The van der Waals surface area contributed by atoms with E-state index in [-0.39, 0.29) is 5.91 Å². The van der Waals surface area contributed by atoms with Crippen molar-refractivity contribution in [3.63, 3.8) is 0 Å². The molecule has 0 aliphatic heterocycles. The van der Waals surface area contributed by atoms with Crippen LogP contribution in [0.3, 0.4) is 0 Å². The minimum atomic E-state index is -0.181. The van der Waals surface area contributed by atoms with E-state index in [1.165, 1.54) is 5.12 Å². The second-order valence-corrected chi connectivity index (χ2v) is 4.67. The van der Waals surface area contributed by atoms with Crippen molar-refractivity contribution in [3.8, 4) is 0 Å². The Hall–Kier alpha value is -1.14. The predicted octanol–water partition coefficient (Wildman–Crippen LogP) is -0.199. The van der Waals surface area contributed by atoms with Gasteiger partial charge in [-0.15, -0.1) is 0 Å². The van der Waals surface area contributed by atoms with E-state index in [9.17, 15) is 4.79 Å². The summed E-state index contributed by atoms with van der Waals surface area (Å²) in [6.45, 7) is 0.729. The lowest BCUT2D eigenvalue weighted by atomic mass is 9.84. The number of carbonyl (C=O) groups is 1. The number of nitrogens with two attached hydrogens (primary N) is 2. The Bertz CT molecular complexity index is 259. The highest BCUT2D eigenvalue weighted by Gasteiger charge is 2.21. The molecule has 1 saturated carbocycles. The number of hydrazine groups is 1. The number of hydrazone groups is 1. The summed E-state index contributed by atoms with van der Waals surface area (Å²) < 4.78 is 0. The predicted molar refractivity (Wildman–Crippen MR) is 68.0 cm³/mol. The van der Waals surface area contributed by atoms with Crippen LogP contribution in [-0.4, -0.2) is 36.9 Å². The number of nitrogens with zero attached hydrogens (tertiary/aromatic N) is 2. The molecule has 0 spiro atoms. The van der Waals surface area contributed by atoms with Gasteiger partial charge >= 0.3 is 0 Å². The molecule has 1 aliphatic rings. The molecule has 0 saturated heterocycles. The van der Waals surface area contributed by atoms with E-state index in [0.717, 1.165) is 32.2 Å². The van der Waals surface area contributed by atoms with Gasteiger partial charge in [-0.1, -0.05) is 0 Å². The van der Waals surface area contributed by atoms with Crippen molar-refractivity contribution in [2.75, 3.05) is 13.6 Å². The molecular formula is C11H23N5O. The fraction of sp³-hybridized carbons (Fsp3) is 0.818. The molecule has 98 valence electrons. The monoisotopic (exact) mass is 241 g/mol. The second kappa shape index (κ2) is 7.24. The maximum atomic E-state index is 10.8. The number of amides is 1. The molecule has 6 nitrogen and oxygen atoms in total. The molecule has 1 aliphatic carbocycles. The van der Waals surface area contributed by atoms with Gasteiger partial charge in [-0.25, -0.2) is 11.0 Å². The Labute approximate surface area is 102 Å². The Kier molecular flexibility index (Phi) is 5.93. The summed E-state index contributed by atoms with van der Waals surface area (Å²) in [6, 6.07) is 0.522. The van der Waals surface area contributed by atoms with Crippen LogP contribution in [-0.2, 0) is 4.79 Å². The van der Waals surface area contributed by atoms with Crippen molar-refractivity contribution in [3.05, 3.63) is 0 Å². The third-order valence-corrected chi connectivity index (χ3v) is 3.10. The molecular weight excluding hydrogens is 218 g/mol. The van der Waals surface area contributed by atoms with Crippen molar-refractivity contribution >= 4 is 12.1 Å². The molecule has 1 fully saturated rings. The molecule has 1 amide bonds.